The smallest absolute Gasteiger partial charge is 0.234 e. The lowest BCUT2D eigenvalue weighted by molar-refractivity contribution is -0.122. The van der Waals surface area contributed by atoms with Gasteiger partial charge in [0.25, 0.3) is 0 Å². The summed E-state index contributed by atoms with van der Waals surface area (Å²) in [5.74, 6) is 0.0828. The molecule has 1 spiro atoms. The van der Waals surface area contributed by atoms with E-state index in [0.29, 0.717) is 12.6 Å². The second kappa shape index (κ2) is 5.80. The SMILES string of the molecule is CC(C)(C)NC(=O)CNC1CCOC2(CCCC2)C1. The monoisotopic (exact) mass is 268 g/mol. The van der Waals surface area contributed by atoms with Crippen molar-refractivity contribution in [1.82, 2.24) is 10.6 Å². The molecule has 2 aliphatic rings. The summed E-state index contributed by atoms with van der Waals surface area (Å²) in [6.07, 6.45) is 7.05. The third-order valence-corrected chi connectivity index (χ3v) is 4.07. The van der Waals surface area contributed by atoms with E-state index in [9.17, 15) is 4.79 Å². The van der Waals surface area contributed by atoms with E-state index in [2.05, 4.69) is 10.6 Å². The van der Waals surface area contributed by atoms with Crippen LogP contribution in [0.3, 0.4) is 0 Å². The molecule has 0 aromatic carbocycles. The number of carbonyl (C=O) groups is 1. The topological polar surface area (TPSA) is 50.4 Å². The summed E-state index contributed by atoms with van der Waals surface area (Å²) in [4.78, 5) is 11.8. The van der Waals surface area contributed by atoms with Crippen LogP contribution in [0, 0.1) is 0 Å². The van der Waals surface area contributed by atoms with Crippen molar-refractivity contribution in [3.63, 3.8) is 0 Å². The molecule has 0 aromatic heterocycles. The molecule has 110 valence electrons. The van der Waals surface area contributed by atoms with Crippen LogP contribution in [0.1, 0.15) is 59.3 Å². The summed E-state index contributed by atoms with van der Waals surface area (Å²) in [6, 6.07) is 0.428. The van der Waals surface area contributed by atoms with Gasteiger partial charge in [0.1, 0.15) is 0 Å². The van der Waals surface area contributed by atoms with Gasteiger partial charge in [-0.05, 0) is 46.5 Å². The first-order valence-corrected chi connectivity index (χ1v) is 7.57. The van der Waals surface area contributed by atoms with Crippen LogP contribution in [0.4, 0.5) is 0 Å². The molecule has 19 heavy (non-hydrogen) atoms. The number of carbonyl (C=O) groups excluding carboxylic acids is 1. The van der Waals surface area contributed by atoms with Gasteiger partial charge in [0.2, 0.25) is 5.91 Å². The van der Waals surface area contributed by atoms with Gasteiger partial charge in [0.05, 0.1) is 12.1 Å². The van der Waals surface area contributed by atoms with Crippen molar-refractivity contribution in [2.45, 2.75) is 76.5 Å². The summed E-state index contributed by atoms with van der Waals surface area (Å²) < 4.78 is 6.00. The van der Waals surface area contributed by atoms with E-state index in [-0.39, 0.29) is 17.0 Å². The lowest BCUT2D eigenvalue weighted by Gasteiger charge is -2.38. The molecule has 1 aliphatic heterocycles. The number of nitrogens with one attached hydrogen (secondary N) is 2. The van der Waals surface area contributed by atoms with Gasteiger partial charge in [-0.2, -0.15) is 0 Å². The summed E-state index contributed by atoms with van der Waals surface area (Å²) in [5.41, 5.74) is -0.0302. The Hall–Kier alpha value is -0.610. The zero-order valence-corrected chi connectivity index (χ0v) is 12.6. The molecule has 2 rings (SSSR count). The lowest BCUT2D eigenvalue weighted by atomic mass is 9.89. The van der Waals surface area contributed by atoms with E-state index in [1.807, 2.05) is 20.8 Å². The number of rotatable bonds is 3. The first kappa shape index (κ1) is 14.8. The summed E-state index contributed by atoms with van der Waals surface area (Å²) in [7, 11) is 0. The van der Waals surface area contributed by atoms with Crippen LogP contribution in [0.2, 0.25) is 0 Å². The fourth-order valence-electron chi connectivity index (χ4n) is 3.27. The van der Waals surface area contributed by atoms with Gasteiger partial charge in [0.15, 0.2) is 0 Å². The van der Waals surface area contributed by atoms with Crippen LogP contribution in [0.25, 0.3) is 0 Å². The van der Waals surface area contributed by atoms with Crippen LogP contribution in [0.5, 0.6) is 0 Å². The molecule has 1 heterocycles. The molecule has 1 saturated carbocycles. The van der Waals surface area contributed by atoms with E-state index < -0.39 is 0 Å². The number of hydrogen-bond donors (Lipinski definition) is 2. The first-order chi connectivity index (χ1) is 8.89. The third-order valence-electron chi connectivity index (χ3n) is 4.07. The largest absolute Gasteiger partial charge is 0.375 e. The molecule has 2 N–H and O–H groups in total. The van der Waals surface area contributed by atoms with Crippen molar-refractivity contribution in [2.24, 2.45) is 0 Å². The van der Waals surface area contributed by atoms with Crippen LogP contribution < -0.4 is 10.6 Å². The predicted molar refractivity (Wildman–Crippen MR) is 76.1 cm³/mol. The highest BCUT2D eigenvalue weighted by molar-refractivity contribution is 5.78. The van der Waals surface area contributed by atoms with Gasteiger partial charge < -0.3 is 15.4 Å². The van der Waals surface area contributed by atoms with Crippen LogP contribution in [-0.2, 0) is 9.53 Å². The quantitative estimate of drug-likeness (QED) is 0.823. The average molecular weight is 268 g/mol. The van der Waals surface area contributed by atoms with Gasteiger partial charge in [-0.15, -0.1) is 0 Å². The summed E-state index contributed by atoms with van der Waals surface area (Å²) >= 11 is 0. The van der Waals surface area contributed by atoms with E-state index in [0.717, 1.165) is 19.4 Å². The molecule has 4 nitrogen and oxygen atoms in total. The third kappa shape index (κ3) is 4.46. The Kier molecular flexibility index (Phi) is 4.51. The molecular weight excluding hydrogens is 240 g/mol. The minimum absolute atomic E-state index is 0.0828. The van der Waals surface area contributed by atoms with Crippen molar-refractivity contribution in [2.75, 3.05) is 13.2 Å². The van der Waals surface area contributed by atoms with Gasteiger partial charge in [-0.1, -0.05) is 12.8 Å². The average Bonchev–Trinajstić information content (AvgIpc) is 2.73. The molecule has 1 aliphatic carbocycles. The van der Waals surface area contributed by atoms with Crippen molar-refractivity contribution >= 4 is 5.91 Å². The lowest BCUT2D eigenvalue weighted by Crippen LogP contribution is -2.50. The molecular formula is C15H28N2O2. The van der Waals surface area contributed by atoms with E-state index >= 15 is 0 Å². The Labute approximate surface area is 116 Å². The summed E-state index contributed by atoms with van der Waals surface area (Å²) in [6.45, 7) is 7.27. The van der Waals surface area contributed by atoms with Gasteiger partial charge >= 0.3 is 0 Å². The van der Waals surface area contributed by atoms with Crippen molar-refractivity contribution in [3.05, 3.63) is 0 Å². The number of amides is 1. The zero-order chi connectivity index (χ0) is 13.9. The Bertz CT molecular complexity index is 317. The van der Waals surface area contributed by atoms with Crippen LogP contribution >= 0.6 is 0 Å². The van der Waals surface area contributed by atoms with Crippen LogP contribution in [-0.4, -0.2) is 36.2 Å². The molecule has 1 atom stereocenters. The van der Waals surface area contributed by atoms with Gasteiger partial charge in [-0.25, -0.2) is 0 Å². The Morgan fingerprint density at radius 1 is 1.32 bits per heavy atom. The second-order valence-corrected chi connectivity index (χ2v) is 7.11. The highest BCUT2D eigenvalue weighted by Crippen LogP contribution is 2.39. The first-order valence-electron chi connectivity index (χ1n) is 7.57. The molecule has 4 heteroatoms. The Balaban J connectivity index is 1.75. The minimum atomic E-state index is -0.152. The molecule has 0 bridgehead atoms. The van der Waals surface area contributed by atoms with Gasteiger partial charge in [0, 0.05) is 18.2 Å². The minimum Gasteiger partial charge on any atom is -0.375 e. The molecule has 0 aromatic rings. The normalized spacial score (nSPS) is 26.6. The molecule has 1 amide bonds. The summed E-state index contributed by atoms with van der Waals surface area (Å²) in [5, 5.41) is 6.39. The molecule has 0 radical (unpaired) electrons. The maximum Gasteiger partial charge on any atom is 0.234 e. The van der Waals surface area contributed by atoms with E-state index in [4.69, 9.17) is 4.74 Å². The highest BCUT2D eigenvalue weighted by Gasteiger charge is 2.39. The van der Waals surface area contributed by atoms with E-state index in [1.54, 1.807) is 0 Å². The predicted octanol–water partition coefficient (Wildman–Crippen LogP) is 1.98. The fourth-order valence-corrected chi connectivity index (χ4v) is 3.27. The molecule has 2 fully saturated rings. The van der Waals surface area contributed by atoms with E-state index in [1.165, 1.54) is 25.7 Å². The zero-order valence-electron chi connectivity index (χ0n) is 12.6. The van der Waals surface area contributed by atoms with Gasteiger partial charge in [-0.3, -0.25) is 4.79 Å². The maximum atomic E-state index is 11.8. The highest BCUT2D eigenvalue weighted by atomic mass is 16.5. The fraction of sp³-hybridized carbons (Fsp3) is 0.933. The second-order valence-electron chi connectivity index (χ2n) is 7.11. The number of ether oxygens (including phenoxy) is 1. The Morgan fingerprint density at radius 3 is 2.63 bits per heavy atom. The standard InChI is InChI=1S/C15H28N2O2/c1-14(2,3)17-13(18)11-16-12-6-9-19-15(10-12)7-4-5-8-15/h12,16H,4-11H2,1-3H3,(H,17,18). The van der Waals surface area contributed by atoms with Crippen molar-refractivity contribution in [1.29, 1.82) is 0 Å². The molecule has 1 saturated heterocycles. The Morgan fingerprint density at radius 2 is 2.00 bits per heavy atom. The number of hydrogen-bond acceptors (Lipinski definition) is 3. The maximum absolute atomic E-state index is 11.8. The van der Waals surface area contributed by atoms with Crippen LogP contribution in [0.15, 0.2) is 0 Å². The van der Waals surface area contributed by atoms with Crippen molar-refractivity contribution in [3.8, 4) is 0 Å². The van der Waals surface area contributed by atoms with Crippen molar-refractivity contribution < 1.29 is 9.53 Å². The molecule has 1 unspecified atom stereocenters.